The van der Waals surface area contributed by atoms with Crippen molar-refractivity contribution < 1.29 is 4.43 Å². The van der Waals surface area contributed by atoms with Crippen molar-refractivity contribution in [1.29, 1.82) is 0 Å². The van der Waals surface area contributed by atoms with E-state index in [1.165, 1.54) is 25.7 Å². The molecule has 0 amide bonds. The Morgan fingerprint density at radius 2 is 1.87 bits per heavy atom. The van der Waals surface area contributed by atoms with Crippen molar-refractivity contribution in [2.45, 2.75) is 66.1 Å². The van der Waals surface area contributed by atoms with E-state index in [4.69, 9.17) is 4.43 Å². The summed E-state index contributed by atoms with van der Waals surface area (Å²) in [5.74, 6) is 1.85. The molecule has 1 nitrogen and oxygen atoms in total. The molecule has 15 heavy (non-hydrogen) atoms. The third-order valence-electron chi connectivity index (χ3n) is 2.39. The van der Waals surface area contributed by atoms with Gasteiger partial charge in [-0.05, 0) is 51.4 Å². The zero-order valence-corrected chi connectivity index (χ0v) is 12.4. The minimum absolute atomic E-state index is 0.710. The molecule has 0 aliphatic rings. The van der Waals surface area contributed by atoms with E-state index < -0.39 is 8.32 Å². The zero-order valence-electron chi connectivity index (χ0n) is 11.4. The van der Waals surface area contributed by atoms with Crippen molar-refractivity contribution in [2.75, 3.05) is 0 Å². The van der Waals surface area contributed by atoms with Crippen molar-refractivity contribution in [3.63, 3.8) is 0 Å². The summed E-state index contributed by atoms with van der Waals surface area (Å²) in [6, 6.07) is 0. The van der Waals surface area contributed by atoms with Crippen LogP contribution in [0.3, 0.4) is 0 Å². The van der Waals surface area contributed by atoms with Crippen LogP contribution < -0.4 is 0 Å². The molecule has 0 aromatic carbocycles. The maximum Gasteiger partial charge on any atom is 0.241 e. The Morgan fingerprint density at radius 3 is 2.27 bits per heavy atom. The molecule has 1 atom stereocenters. The molecule has 0 heterocycles. The summed E-state index contributed by atoms with van der Waals surface area (Å²) in [7, 11) is -1.40. The fourth-order valence-electron chi connectivity index (χ4n) is 1.72. The molecule has 0 N–H and O–H groups in total. The molecular weight excluding hydrogens is 200 g/mol. The Morgan fingerprint density at radius 1 is 1.27 bits per heavy atom. The zero-order chi connectivity index (χ0) is 11.9. The first-order valence-electron chi connectivity index (χ1n) is 6.26. The van der Waals surface area contributed by atoms with Gasteiger partial charge in [0.15, 0.2) is 0 Å². The lowest BCUT2D eigenvalue weighted by Gasteiger charge is -2.21. The highest BCUT2D eigenvalue weighted by Crippen LogP contribution is 2.18. The molecule has 0 aliphatic carbocycles. The molecule has 0 rings (SSSR count). The number of unbranched alkanes of at least 4 members (excludes halogenated alkanes) is 1. The molecule has 0 spiro atoms. The second-order valence-corrected chi connectivity index (χ2v) is 9.73. The van der Waals surface area contributed by atoms with Gasteiger partial charge < -0.3 is 4.43 Å². The third-order valence-corrected chi connectivity index (χ3v) is 3.32. The van der Waals surface area contributed by atoms with Crippen molar-refractivity contribution in [3.05, 3.63) is 11.8 Å². The standard InChI is InChI=1S/C13H28OSi/c1-7-9-10-13(8-2)11-12(3)14-15(4,5)6/h11,13H,7-10H2,1-6H3/b12-11+. The smallest absolute Gasteiger partial charge is 0.241 e. The summed E-state index contributed by atoms with van der Waals surface area (Å²) in [5.41, 5.74) is 0. The quantitative estimate of drug-likeness (QED) is 0.442. The van der Waals surface area contributed by atoms with E-state index in [2.05, 4.69) is 46.5 Å². The first-order valence-corrected chi connectivity index (χ1v) is 9.67. The van der Waals surface area contributed by atoms with Gasteiger partial charge in [-0.15, -0.1) is 0 Å². The Labute approximate surface area is 97.0 Å². The predicted molar refractivity (Wildman–Crippen MR) is 71.5 cm³/mol. The molecule has 0 saturated heterocycles. The second kappa shape index (κ2) is 7.10. The van der Waals surface area contributed by atoms with E-state index in [0.717, 1.165) is 5.76 Å². The van der Waals surface area contributed by atoms with Gasteiger partial charge in [0.25, 0.3) is 0 Å². The average Bonchev–Trinajstić information content (AvgIpc) is 2.09. The van der Waals surface area contributed by atoms with Crippen LogP contribution in [0.1, 0.15) is 46.5 Å². The van der Waals surface area contributed by atoms with Crippen molar-refractivity contribution in [2.24, 2.45) is 5.92 Å². The molecule has 0 saturated carbocycles. The fourth-order valence-corrected chi connectivity index (χ4v) is 2.75. The Kier molecular flexibility index (Phi) is 6.99. The largest absolute Gasteiger partial charge is 0.548 e. The Bertz CT molecular complexity index is 191. The van der Waals surface area contributed by atoms with E-state index in [1.54, 1.807) is 0 Å². The van der Waals surface area contributed by atoms with Crippen LogP contribution >= 0.6 is 0 Å². The molecule has 0 bridgehead atoms. The van der Waals surface area contributed by atoms with Gasteiger partial charge in [0.05, 0.1) is 5.76 Å². The highest BCUT2D eigenvalue weighted by Gasteiger charge is 2.16. The molecule has 0 radical (unpaired) electrons. The predicted octanol–water partition coefficient (Wildman–Crippen LogP) is 4.96. The van der Waals surface area contributed by atoms with Crippen molar-refractivity contribution in [3.8, 4) is 0 Å². The summed E-state index contributed by atoms with van der Waals surface area (Å²) in [6.07, 6.45) is 7.48. The van der Waals surface area contributed by atoms with E-state index in [0.29, 0.717) is 5.92 Å². The monoisotopic (exact) mass is 228 g/mol. The first-order chi connectivity index (χ1) is 6.89. The molecule has 0 aromatic rings. The second-order valence-electron chi connectivity index (χ2n) is 5.30. The Balaban J connectivity index is 4.16. The van der Waals surface area contributed by atoms with Gasteiger partial charge >= 0.3 is 0 Å². The highest BCUT2D eigenvalue weighted by atomic mass is 28.4. The molecule has 0 fully saturated rings. The van der Waals surface area contributed by atoms with Crippen LogP contribution in [0, 0.1) is 5.92 Å². The topological polar surface area (TPSA) is 9.23 Å². The van der Waals surface area contributed by atoms with Gasteiger partial charge in [0.2, 0.25) is 8.32 Å². The molecular formula is C13H28OSi. The van der Waals surface area contributed by atoms with Crippen molar-refractivity contribution >= 4 is 8.32 Å². The van der Waals surface area contributed by atoms with Crippen LogP contribution in [0.15, 0.2) is 11.8 Å². The van der Waals surface area contributed by atoms with Crippen LogP contribution in [0.25, 0.3) is 0 Å². The van der Waals surface area contributed by atoms with E-state index in [9.17, 15) is 0 Å². The SMILES string of the molecule is CCCCC(/C=C(\C)O[Si](C)(C)C)CC. The lowest BCUT2D eigenvalue weighted by molar-refractivity contribution is 0.409. The van der Waals surface area contributed by atoms with Gasteiger partial charge in [-0.1, -0.05) is 26.7 Å². The first kappa shape index (κ1) is 14.8. The molecule has 0 aromatic heterocycles. The summed E-state index contributed by atoms with van der Waals surface area (Å²) in [6.45, 7) is 13.3. The molecule has 2 heteroatoms. The summed E-state index contributed by atoms with van der Waals surface area (Å²) in [5, 5.41) is 0. The minimum Gasteiger partial charge on any atom is -0.548 e. The van der Waals surface area contributed by atoms with Gasteiger partial charge in [-0.3, -0.25) is 0 Å². The number of rotatable bonds is 7. The van der Waals surface area contributed by atoms with Crippen LogP contribution in [-0.2, 0) is 4.43 Å². The van der Waals surface area contributed by atoms with Crippen LogP contribution in [0.2, 0.25) is 19.6 Å². The van der Waals surface area contributed by atoms with Gasteiger partial charge in [-0.25, -0.2) is 0 Å². The average molecular weight is 228 g/mol. The summed E-state index contributed by atoms with van der Waals surface area (Å²) < 4.78 is 5.95. The molecule has 1 unspecified atom stereocenters. The van der Waals surface area contributed by atoms with E-state index in [1.807, 2.05) is 0 Å². The van der Waals surface area contributed by atoms with Gasteiger partial charge in [0.1, 0.15) is 0 Å². The van der Waals surface area contributed by atoms with E-state index >= 15 is 0 Å². The summed E-state index contributed by atoms with van der Waals surface area (Å²) >= 11 is 0. The lowest BCUT2D eigenvalue weighted by Crippen LogP contribution is -2.24. The highest BCUT2D eigenvalue weighted by molar-refractivity contribution is 6.70. The van der Waals surface area contributed by atoms with E-state index in [-0.39, 0.29) is 0 Å². The summed E-state index contributed by atoms with van der Waals surface area (Å²) in [4.78, 5) is 0. The number of hydrogen-bond acceptors (Lipinski definition) is 1. The third kappa shape index (κ3) is 8.73. The van der Waals surface area contributed by atoms with Gasteiger partial charge in [-0.2, -0.15) is 0 Å². The van der Waals surface area contributed by atoms with Crippen LogP contribution in [0.4, 0.5) is 0 Å². The fraction of sp³-hybridized carbons (Fsp3) is 0.846. The molecule has 90 valence electrons. The minimum atomic E-state index is -1.40. The van der Waals surface area contributed by atoms with Crippen LogP contribution in [0.5, 0.6) is 0 Å². The number of hydrogen-bond donors (Lipinski definition) is 0. The molecule has 0 aliphatic heterocycles. The normalized spacial score (nSPS) is 15.2. The van der Waals surface area contributed by atoms with Crippen molar-refractivity contribution in [1.82, 2.24) is 0 Å². The van der Waals surface area contributed by atoms with Crippen LogP contribution in [-0.4, -0.2) is 8.32 Å². The maximum absolute atomic E-state index is 5.95. The number of allylic oxidation sites excluding steroid dienone is 2. The van der Waals surface area contributed by atoms with Gasteiger partial charge in [0, 0.05) is 0 Å². The Hall–Kier alpha value is -0.243. The lowest BCUT2D eigenvalue weighted by atomic mass is 9.99. The maximum atomic E-state index is 5.95.